The number of phosphoric ester groups is 2. The van der Waals surface area contributed by atoms with Gasteiger partial charge in [-0.15, -0.1) is 0 Å². The molecule has 0 heterocycles. The van der Waals surface area contributed by atoms with E-state index in [-0.39, 0.29) is 25.7 Å². The second-order valence-electron chi connectivity index (χ2n) is 31.9. The Morgan fingerprint density at radius 3 is 0.689 bits per heavy atom. The fraction of sp³-hybridized carbons (Fsp3) is 0.952. The summed E-state index contributed by atoms with van der Waals surface area (Å²) in [6.45, 7) is 14.3. The molecule has 4 unspecified atom stereocenters. The summed E-state index contributed by atoms with van der Waals surface area (Å²) in [5, 5.41) is 10.7. The molecule has 0 aliphatic heterocycles. The zero-order valence-corrected chi connectivity index (χ0v) is 69.7. The van der Waals surface area contributed by atoms with Gasteiger partial charge < -0.3 is 33.8 Å². The fourth-order valence-corrected chi connectivity index (χ4v) is 14.5. The summed E-state index contributed by atoms with van der Waals surface area (Å²) in [5.74, 6) is 1.03. The van der Waals surface area contributed by atoms with Crippen molar-refractivity contribution in [2.75, 3.05) is 39.6 Å². The SMILES string of the molecule is CCC(C)CCCCCCCCCCCCCCCCCCCCC(=O)O[C@H](COC(=O)CCCCCCCCCCCCC(C)C)COP(=O)(O)OCC(O)COP(=O)(O)OC[C@@H](COC(=O)CCCCCCCCCC(C)C)OC(=O)CCCCCCCCCCCCCCCCCC(C)C. The summed E-state index contributed by atoms with van der Waals surface area (Å²) in [6.07, 6.45) is 61.2. The lowest BCUT2D eigenvalue weighted by Crippen LogP contribution is -2.30. The lowest BCUT2D eigenvalue weighted by molar-refractivity contribution is -0.161. The highest BCUT2D eigenvalue weighted by Crippen LogP contribution is 2.45. The number of carbonyl (C=O) groups is 4. The van der Waals surface area contributed by atoms with Crippen LogP contribution in [0.15, 0.2) is 0 Å². The number of rotatable bonds is 81. The van der Waals surface area contributed by atoms with Crippen LogP contribution in [0.25, 0.3) is 0 Å². The Hall–Kier alpha value is -1.94. The van der Waals surface area contributed by atoms with E-state index in [4.69, 9.17) is 37.0 Å². The first kappa shape index (κ1) is 101. The molecule has 0 bridgehead atoms. The highest BCUT2D eigenvalue weighted by atomic mass is 31.2. The Balaban J connectivity index is 5.20. The number of aliphatic hydroxyl groups excluding tert-OH is 1. The van der Waals surface area contributed by atoms with Gasteiger partial charge in [-0.3, -0.25) is 37.3 Å². The highest BCUT2D eigenvalue weighted by Gasteiger charge is 2.30. The van der Waals surface area contributed by atoms with E-state index in [1.165, 1.54) is 231 Å². The number of carbonyl (C=O) groups excluding carboxylic acids is 4. The molecular weight excluding hydrogens is 1340 g/mol. The average molecular weight is 1510 g/mol. The fourth-order valence-electron chi connectivity index (χ4n) is 12.9. The molecule has 0 amide bonds. The van der Waals surface area contributed by atoms with Gasteiger partial charge in [0.25, 0.3) is 0 Å². The first-order chi connectivity index (χ1) is 49.6. The maximum Gasteiger partial charge on any atom is 0.472 e. The van der Waals surface area contributed by atoms with Crippen molar-refractivity contribution in [3.63, 3.8) is 0 Å². The van der Waals surface area contributed by atoms with Crippen LogP contribution < -0.4 is 0 Å². The van der Waals surface area contributed by atoms with Crippen LogP contribution in [0.5, 0.6) is 0 Å². The molecule has 6 atom stereocenters. The number of unbranched alkanes of at least 4 members (excludes halogenated alkanes) is 46. The van der Waals surface area contributed by atoms with Crippen molar-refractivity contribution >= 4 is 39.5 Å². The number of ether oxygens (including phenoxy) is 4. The van der Waals surface area contributed by atoms with Gasteiger partial charge in [-0.25, -0.2) is 9.13 Å². The number of aliphatic hydroxyl groups is 1. The van der Waals surface area contributed by atoms with Crippen LogP contribution in [0.4, 0.5) is 0 Å². The molecule has 19 heteroatoms. The van der Waals surface area contributed by atoms with E-state index in [1.54, 1.807) is 0 Å². The molecule has 0 aliphatic rings. The summed E-state index contributed by atoms with van der Waals surface area (Å²) >= 11 is 0. The summed E-state index contributed by atoms with van der Waals surface area (Å²) in [6, 6.07) is 0. The third kappa shape index (κ3) is 76.6. The number of hydrogen-bond donors (Lipinski definition) is 3. The maximum absolute atomic E-state index is 13.1. The van der Waals surface area contributed by atoms with E-state index in [0.29, 0.717) is 31.6 Å². The minimum Gasteiger partial charge on any atom is -0.462 e. The Labute approximate surface area is 632 Å². The van der Waals surface area contributed by atoms with Crippen molar-refractivity contribution in [3.8, 4) is 0 Å². The van der Waals surface area contributed by atoms with E-state index in [1.807, 2.05) is 0 Å². The van der Waals surface area contributed by atoms with Gasteiger partial charge in [-0.2, -0.15) is 0 Å². The molecule has 0 saturated heterocycles. The van der Waals surface area contributed by atoms with Crippen LogP contribution >= 0.6 is 15.6 Å². The van der Waals surface area contributed by atoms with E-state index in [0.717, 1.165) is 114 Å². The average Bonchev–Trinajstić information content (AvgIpc) is 0.980. The molecule has 0 aromatic rings. The summed E-state index contributed by atoms with van der Waals surface area (Å²) < 4.78 is 68.8. The van der Waals surface area contributed by atoms with Crippen molar-refractivity contribution in [3.05, 3.63) is 0 Å². The van der Waals surface area contributed by atoms with E-state index >= 15 is 0 Å². The second-order valence-corrected chi connectivity index (χ2v) is 34.8. The van der Waals surface area contributed by atoms with Crippen molar-refractivity contribution in [2.24, 2.45) is 23.7 Å². The van der Waals surface area contributed by atoms with E-state index in [2.05, 4.69) is 55.4 Å². The van der Waals surface area contributed by atoms with Crippen LogP contribution in [-0.4, -0.2) is 96.7 Å². The monoisotopic (exact) mass is 1510 g/mol. The third-order valence-corrected chi connectivity index (χ3v) is 21.8. The molecule has 0 aromatic carbocycles. The molecule has 0 aromatic heterocycles. The molecule has 0 rings (SSSR count). The van der Waals surface area contributed by atoms with Crippen LogP contribution in [0.1, 0.15) is 434 Å². The lowest BCUT2D eigenvalue weighted by atomic mass is 9.99. The Kier molecular flexibility index (Phi) is 71.5. The molecule has 103 heavy (non-hydrogen) atoms. The van der Waals surface area contributed by atoms with Crippen molar-refractivity contribution in [2.45, 2.75) is 453 Å². The van der Waals surface area contributed by atoms with Crippen LogP contribution in [-0.2, 0) is 65.4 Å². The second kappa shape index (κ2) is 72.9. The van der Waals surface area contributed by atoms with Gasteiger partial charge >= 0.3 is 39.5 Å². The standard InChI is InChI=1S/C84H164O17P2/c1-9-77(8)63-55-47-39-31-24-20-16-12-10-11-13-17-21-25-33-41-50-58-66-83(88)100-79(70-94-81(86)64-56-48-40-32-28-27-30-37-45-53-61-75(4)5)72-98-102(90,91)96-68-78(85)69-97-103(92,93)99-73-80(71-95-82(87)65-57-49-43-35-38-46-54-62-76(6)7)101-84(89)67-59-51-42-34-26-22-18-14-15-19-23-29-36-44-52-60-74(2)3/h74-80,85H,9-73H2,1-8H3,(H,90,91)(H,92,93)/t77?,78?,79-,80-/m1/s1. The van der Waals surface area contributed by atoms with Crippen molar-refractivity contribution in [1.29, 1.82) is 0 Å². The Morgan fingerprint density at radius 1 is 0.272 bits per heavy atom. The summed E-state index contributed by atoms with van der Waals surface area (Å²) in [7, 11) is -9.93. The molecule has 0 spiro atoms. The van der Waals surface area contributed by atoms with Gasteiger partial charge in [-0.05, 0) is 49.4 Å². The van der Waals surface area contributed by atoms with Crippen LogP contribution in [0, 0.1) is 23.7 Å². The normalized spacial score (nSPS) is 14.2. The Morgan fingerprint density at radius 2 is 0.466 bits per heavy atom. The lowest BCUT2D eigenvalue weighted by Gasteiger charge is -2.21. The summed E-state index contributed by atoms with van der Waals surface area (Å²) in [5.41, 5.74) is 0. The zero-order valence-electron chi connectivity index (χ0n) is 68.0. The molecule has 612 valence electrons. The molecule has 17 nitrogen and oxygen atoms in total. The first-order valence-electron chi connectivity index (χ1n) is 43.2. The molecule has 0 aliphatic carbocycles. The van der Waals surface area contributed by atoms with Crippen LogP contribution in [0.2, 0.25) is 0 Å². The van der Waals surface area contributed by atoms with E-state index < -0.39 is 97.5 Å². The predicted molar refractivity (Wildman–Crippen MR) is 423 cm³/mol. The number of hydrogen-bond acceptors (Lipinski definition) is 15. The highest BCUT2D eigenvalue weighted by molar-refractivity contribution is 7.47. The molecule has 0 saturated carbocycles. The van der Waals surface area contributed by atoms with Crippen molar-refractivity contribution < 1.29 is 80.2 Å². The Bertz CT molecular complexity index is 2010. The van der Waals surface area contributed by atoms with E-state index in [9.17, 15) is 43.2 Å². The van der Waals surface area contributed by atoms with Gasteiger partial charge in [-0.1, -0.05) is 383 Å². The zero-order chi connectivity index (χ0) is 76.0. The smallest absolute Gasteiger partial charge is 0.462 e. The molecule has 0 fully saturated rings. The van der Waals surface area contributed by atoms with Gasteiger partial charge in [0.2, 0.25) is 0 Å². The topological polar surface area (TPSA) is 237 Å². The van der Waals surface area contributed by atoms with Crippen LogP contribution in [0.3, 0.4) is 0 Å². The summed E-state index contributed by atoms with van der Waals surface area (Å²) in [4.78, 5) is 73.1. The number of esters is 4. The van der Waals surface area contributed by atoms with Gasteiger partial charge in [0, 0.05) is 25.7 Å². The molecular formula is C84H164O17P2. The number of phosphoric acid groups is 2. The minimum absolute atomic E-state index is 0.107. The predicted octanol–water partition coefficient (Wildman–Crippen LogP) is 25.2. The maximum atomic E-state index is 13.1. The van der Waals surface area contributed by atoms with Gasteiger partial charge in [0.05, 0.1) is 26.4 Å². The molecule has 0 radical (unpaired) electrons. The molecule has 3 N–H and O–H groups in total. The third-order valence-electron chi connectivity index (χ3n) is 19.9. The minimum atomic E-state index is -4.96. The first-order valence-corrected chi connectivity index (χ1v) is 46.2. The van der Waals surface area contributed by atoms with Gasteiger partial charge in [0.1, 0.15) is 19.3 Å². The van der Waals surface area contributed by atoms with Crippen molar-refractivity contribution in [1.82, 2.24) is 0 Å². The van der Waals surface area contributed by atoms with Gasteiger partial charge in [0.15, 0.2) is 12.2 Å². The quantitative estimate of drug-likeness (QED) is 0.0222. The largest absolute Gasteiger partial charge is 0.472 e.